The number of ether oxygens (including phenoxy) is 1. The fourth-order valence-electron chi connectivity index (χ4n) is 2.61. The Morgan fingerprint density at radius 2 is 1.95 bits per heavy atom. The molecule has 1 saturated heterocycles. The van der Waals surface area contributed by atoms with Gasteiger partial charge in [0.1, 0.15) is 5.75 Å². The Hall–Kier alpha value is -1.26. The number of hydrogen-bond donors (Lipinski definition) is 1. The minimum Gasteiger partial charge on any atom is -0.493 e. The summed E-state index contributed by atoms with van der Waals surface area (Å²) in [6.45, 7) is 3.28. The lowest BCUT2D eigenvalue weighted by atomic mass is 9.97. The van der Waals surface area contributed by atoms with Crippen LogP contribution in [0, 0.1) is 5.92 Å². The van der Waals surface area contributed by atoms with Crippen molar-refractivity contribution in [1.82, 2.24) is 10.2 Å². The molecule has 1 fully saturated rings. The van der Waals surface area contributed by atoms with Gasteiger partial charge in [-0.2, -0.15) is 0 Å². The largest absolute Gasteiger partial charge is 0.493 e. The van der Waals surface area contributed by atoms with Crippen LogP contribution in [0.4, 0.5) is 0 Å². The van der Waals surface area contributed by atoms with Crippen molar-refractivity contribution in [1.29, 1.82) is 0 Å². The Morgan fingerprint density at radius 3 is 2.57 bits per heavy atom. The lowest BCUT2D eigenvalue weighted by molar-refractivity contribution is -0.133. The molecule has 0 unspecified atom stereocenters. The minimum atomic E-state index is 0. The average molecular weight is 313 g/mol. The molecule has 0 radical (unpaired) electrons. The first-order chi connectivity index (χ1) is 9.79. The van der Waals surface area contributed by atoms with Gasteiger partial charge in [0.05, 0.1) is 13.0 Å². The van der Waals surface area contributed by atoms with E-state index in [-0.39, 0.29) is 18.3 Å². The second-order valence-electron chi connectivity index (χ2n) is 5.29. The highest BCUT2D eigenvalue weighted by Crippen LogP contribution is 2.17. The normalized spacial score (nSPS) is 15.4. The Morgan fingerprint density at radius 1 is 1.29 bits per heavy atom. The predicted molar refractivity (Wildman–Crippen MR) is 87.0 cm³/mol. The highest BCUT2D eigenvalue weighted by molar-refractivity contribution is 5.85. The number of hydrogen-bond acceptors (Lipinski definition) is 3. The smallest absolute Gasteiger partial charge is 0.225 e. The first-order valence-electron chi connectivity index (χ1n) is 7.40. The molecule has 0 aromatic heterocycles. The van der Waals surface area contributed by atoms with Crippen LogP contribution in [-0.2, 0) is 4.79 Å². The number of amides is 1. The quantitative estimate of drug-likeness (QED) is 0.876. The molecule has 1 aliphatic heterocycles. The molecule has 1 heterocycles. The van der Waals surface area contributed by atoms with Crippen LogP contribution in [0.25, 0.3) is 0 Å². The zero-order valence-corrected chi connectivity index (χ0v) is 13.4. The van der Waals surface area contributed by atoms with Gasteiger partial charge in [-0.05, 0) is 44.5 Å². The lowest BCUT2D eigenvalue weighted by Crippen LogP contribution is -2.40. The van der Waals surface area contributed by atoms with Crippen molar-refractivity contribution in [3.63, 3.8) is 0 Å². The van der Waals surface area contributed by atoms with Gasteiger partial charge in [-0.15, -0.1) is 12.4 Å². The SMILES string of the molecule is CNCC1CCN(C(=O)CCOc2ccccc2)CC1.Cl. The van der Waals surface area contributed by atoms with Crippen LogP contribution in [0.3, 0.4) is 0 Å². The van der Waals surface area contributed by atoms with Gasteiger partial charge in [0.2, 0.25) is 5.91 Å². The first kappa shape index (κ1) is 17.8. The number of halogens is 1. The van der Waals surface area contributed by atoms with Gasteiger partial charge in [-0.1, -0.05) is 18.2 Å². The second kappa shape index (κ2) is 9.64. The third-order valence-electron chi connectivity index (χ3n) is 3.79. The van der Waals surface area contributed by atoms with Crippen LogP contribution in [0.15, 0.2) is 30.3 Å². The number of nitrogens with one attached hydrogen (secondary N) is 1. The van der Waals surface area contributed by atoms with Gasteiger partial charge in [0.15, 0.2) is 0 Å². The monoisotopic (exact) mass is 312 g/mol. The molecule has 1 amide bonds. The van der Waals surface area contributed by atoms with Crippen molar-refractivity contribution in [2.45, 2.75) is 19.3 Å². The highest BCUT2D eigenvalue weighted by atomic mass is 35.5. The molecule has 118 valence electrons. The van der Waals surface area contributed by atoms with Gasteiger partial charge in [0, 0.05) is 13.1 Å². The number of carbonyl (C=O) groups excluding carboxylic acids is 1. The van der Waals surface area contributed by atoms with Crippen molar-refractivity contribution in [2.75, 3.05) is 33.3 Å². The van der Waals surface area contributed by atoms with E-state index in [1.165, 1.54) is 0 Å². The van der Waals surface area contributed by atoms with Crippen LogP contribution in [0.2, 0.25) is 0 Å². The molecule has 2 rings (SSSR count). The van der Waals surface area contributed by atoms with Gasteiger partial charge in [0.25, 0.3) is 0 Å². The van der Waals surface area contributed by atoms with E-state index in [0.29, 0.717) is 18.9 Å². The van der Waals surface area contributed by atoms with E-state index in [0.717, 1.165) is 38.2 Å². The number of carbonyl (C=O) groups is 1. The number of rotatable bonds is 6. The Balaban J connectivity index is 0.00000220. The third-order valence-corrected chi connectivity index (χ3v) is 3.79. The minimum absolute atomic E-state index is 0. The maximum atomic E-state index is 12.1. The summed E-state index contributed by atoms with van der Waals surface area (Å²) < 4.78 is 5.57. The Labute approximate surface area is 133 Å². The molecule has 0 spiro atoms. The summed E-state index contributed by atoms with van der Waals surface area (Å²) in [5.74, 6) is 1.75. The predicted octanol–water partition coefficient (Wildman–Crippen LogP) is 2.34. The molecule has 4 nitrogen and oxygen atoms in total. The topological polar surface area (TPSA) is 41.6 Å². The summed E-state index contributed by atoms with van der Waals surface area (Å²) in [7, 11) is 1.98. The summed E-state index contributed by atoms with van der Waals surface area (Å²) in [4.78, 5) is 14.1. The zero-order valence-electron chi connectivity index (χ0n) is 12.6. The Bertz CT molecular complexity index is 406. The van der Waals surface area contributed by atoms with Crippen LogP contribution >= 0.6 is 12.4 Å². The molecule has 1 aromatic rings. The summed E-state index contributed by atoms with van der Waals surface area (Å²) in [5.41, 5.74) is 0. The molecule has 0 saturated carbocycles. The van der Waals surface area contributed by atoms with Gasteiger partial charge in [-0.25, -0.2) is 0 Å². The van der Waals surface area contributed by atoms with Crippen molar-refractivity contribution in [3.05, 3.63) is 30.3 Å². The number of piperidine rings is 1. The van der Waals surface area contributed by atoms with Crippen molar-refractivity contribution < 1.29 is 9.53 Å². The number of nitrogens with zero attached hydrogens (tertiary/aromatic N) is 1. The molecule has 0 aliphatic carbocycles. The van der Waals surface area contributed by atoms with Crippen molar-refractivity contribution in [2.24, 2.45) is 5.92 Å². The fourth-order valence-corrected chi connectivity index (χ4v) is 2.61. The molecular weight excluding hydrogens is 288 g/mol. The third kappa shape index (κ3) is 5.94. The molecule has 0 bridgehead atoms. The summed E-state index contributed by atoms with van der Waals surface area (Å²) in [6, 6.07) is 9.64. The lowest BCUT2D eigenvalue weighted by Gasteiger charge is -2.32. The maximum Gasteiger partial charge on any atom is 0.225 e. The maximum absolute atomic E-state index is 12.1. The van der Waals surface area contributed by atoms with Crippen LogP contribution in [-0.4, -0.2) is 44.1 Å². The summed E-state index contributed by atoms with van der Waals surface area (Å²) in [6.07, 6.45) is 2.67. The molecular formula is C16H25ClN2O2. The molecule has 1 N–H and O–H groups in total. The number of para-hydroxylation sites is 1. The summed E-state index contributed by atoms with van der Waals surface area (Å²) in [5, 5.41) is 3.21. The van der Waals surface area contributed by atoms with E-state index in [1.54, 1.807) is 0 Å². The molecule has 21 heavy (non-hydrogen) atoms. The first-order valence-corrected chi connectivity index (χ1v) is 7.40. The zero-order chi connectivity index (χ0) is 14.2. The number of benzene rings is 1. The van der Waals surface area contributed by atoms with E-state index in [2.05, 4.69) is 5.32 Å². The number of likely N-dealkylation sites (tertiary alicyclic amines) is 1. The average Bonchev–Trinajstić information content (AvgIpc) is 2.49. The summed E-state index contributed by atoms with van der Waals surface area (Å²) >= 11 is 0. The standard InChI is InChI=1S/C16H24N2O2.ClH/c1-17-13-14-7-10-18(11-8-14)16(19)9-12-20-15-5-3-2-4-6-15;/h2-6,14,17H,7-13H2,1H3;1H. The molecule has 1 aromatic carbocycles. The van der Waals surface area contributed by atoms with Crippen molar-refractivity contribution in [3.8, 4) is 5.75 Å². The van der Waals surface area contributed by atoms with E-state index in [4.69, 9.17) is 4.74 Å². The fraction of sp³-hybridized carbons (Fsp3) is 0.562. The molecule has 5 heteroatoms. The van der Waals surface area contributed by atoms with E-state index >= 15 is 0 Å². The van der Waals surface area contributed by atoms with E-state index in [9.17, 15) is 4.79 Å². The Kier molecular flexibility index (Phi) is 8.16. The van der Waals surface area contributed by atoms with Crippen LogP contribution in [0.1, 0.15) is 19.3 Å². The second-order valence-corrected chi connectivity index (χ2v) is 5.29. The van der Waals surface area contributed by atoms with E-state index in [1.807, 2.05) is 42.3 Å². The van der Waals surface area contributed by atoms with Crippen LogP contribution < -0.4 is 10.1 Å². The molecule has 1 aliphatic rings. The van der Waals surface area contributed by atoms with Gasteiger partial charge in [-0.3, -0.25) is 4.79 Å². The highest BCUT2D eigenvalue weighted by Gasteiger charge is 2.21. The van der Waals surface area contributed by atoms with Crippen molar-refractivity contribution >= 4 is 18.3 Å². The van der Waals surface area contributed by atoms with Gasteiger partial charge < -0.3 is 15.0 Å². The molecule has 0 atom stereocenters. The van der Waals surface area contributed by atoms with Crippen LogP contribution in [0.5, 0.6) is 5.75 Å². The van der Waals surface area contributed by atoms with E-state index < -0.39 is 0 Å². The van der Waals surface area contributed by atoms with Gasteiger partial charge >= 0.3 is 0 Å².